The van der Waals surface area contributed by atoms with E-state index in [2.05, 4.69) is 0 Å². The van der Waals surface area contributed by atoms with E-state index in [1.807, 2.05) is 32.0 Å². The number of rotatable bonds is 2. The highest BCUT2D eigenvalue weighted by Crippen LogP contribution is 2.21. The van der Waals surface area contributed by atoms with Gasteiger partial charge in [0.05, 0.1) is 6.54 Å². The molecule has 0 saturated heterocycles. The second kappa shape index (κ2) is 4.24. The molecule has 2 N–H and O–H groups in total. The molecule has 0 aromatic heterocycles. The first-order valence-corrected chi connectivity index (χ1v) is 4.60. The van der Waals surface area contributed by atoms with E-state index in [1.165, 1.54) is 5.56 Å². The Morgan fingerprint density at radius 3 is 2.64 bits per heavy atom. The molecule has 14 heavy (non-hydrogen) atoms. The van der Waals surface area contributed by atoms with Crippen LogP contribution in [0.4, 0.5) is 5.69 Å². The van der Waals surface area contributed by atoms with E-state index in [0.29, 0.717) is 0 Å². The number of hydrogen-bond acceptors (Lipinski definition) is 2. The summed E-state index contributed by atoms with van der Waals surface area (Å²) in [7, 11) is 1.75. The first-order valence-electron chi connectivity index (χ1n) is 4.60. The fourth-order valence-electron chi connectivity index (χ4n) is 1.37. The third-order valence-corrected chi connectivity index (χ3v) is 2.49. The lowest BCUT2D eigenvalue weighted by molar-refractivity contribution is -0.117. The molecule has 3 nitrogen and oxygen atoms in total. The highest BCUT2D eigenvalue weighted by Gasteiger charge is 2.11. The van der Waals surface area contributed by atoms with Crippen LogP contribution in [0, 0.1) is 13.8 Å². The van der Waals surface area contributed by atoms with E-state index in [9.17, 15) is 4.79 Å². The Bertz CT molecular complexity index is 347. The molecule has 0 bridgehead atoms. The molecule has 0 atom stereocenters. The van der Waals surface area contributed by atoms with Gasteiger partial charge in [0.2, 0.25) is 5.91 Å². The lowest BCUT2D eigenvalue weighted by Gasteiger charge is -2.19. The third kappa shape index (κ3) is 1.93. The Kier molecular flexibility index (Phi) is 3.25. The zero-order valence-electron chi connectivity index (χ0n) is 8.87. The van der Waals surface area contributed by atoms with E-state index in [1.54, 1.807) is 11.9 Å². The van der Waals surface area contributed by atoms with Crippen molar-refractivity contribution in [3.05, 3.63) is 29.3 Å². The molecule has 1 rings (SSSR count). The second-order valence-electron chi connectivity index (χ2n) is 3.38. The van der Waals surface area contributed by atoms with Gasteiger partial charge in [-0.1, -0.05) is 12.1 Å². The number of anilines is 1. The van der Waals surface area contributed by atoms with Crippen LogP contribution in [-0.4, -0.2) is 19.5 Å². The molecule has 0 fully saturated rings. The van der Waals surface area contributed by atoms with Gasteiger partial charge < -0.3 is 10.6 Å². The fraction of sp³-hybridized carbons (Fsp3) is 0.364. The summed E-state index contributed by atoms with van der Waals surface area (Å²) in [6, 6.07) is 5.90. The van der Waals surface area contributed by atoms with Crippen LogP contribution in [0.1, 0.15) is 11.1 Å². The maximum Gasteiger partial charge on any atom is 0.240 e. The summed E-state index contributed by atoms with van der Waals surface area (Å²) < 4.78 is 0. The van der Waals surface area contributed by atoms with E-state index >= 15 is 0 Å². The van der Waals surface area contributed by atoms with Gasteiger partial charge in [0.1, 0.15) is 0 Å². The molecule has 0 radical (unpaired) electrons. The van der Waals surface area contributed by atoms with Gasteiger partial charge in [-0.3, -0.25) is 4.79 Å². The van der Waals surface area contributed by atoms with Gasteiger partial charge in [-0.15, -0.1) is 0 Å². The van der Waals surface area contributed by atoms with Gasteiger partial charge in [-0.25, -0.2) is 0 Å². The molecule has 0 spiro atoms. The van der Waals surface area contributed by atoms with Crippen molar-refractivity contribution in [3.8, 4) is 0 Å². The van der Waals surface area contributed by atoms with Crippen LogP contribution in [0.15, 0.2) is 18.2 Å². The quantitative estimate of drug-likeness (QED) is 0.766. The lowest BCUT2D eigenvalue weighted by atomic mass is 10.1. The smallest absolute Gasteiger partial charge is 0.240 e. The van der Waals surface area contributed by atoms with Crippen molar-refractivity contribution in [1.82, 2.24) is 0 Å². The van der Waals surface area contributed by atoms with E-state index < -0.39 is 0 Å². The number of nitrogens with two attached hydrogens (primary N) is 1. The van der Waals surface area contributed by atoms with Crippen LogP contribution in [0.2, 0.25) is 0 Å². The minimum atomic E-state index is -0.0706. The summed E-state index contributed by atoms with van der Waals surface area (Å²) in [6.07, 6.45) is 0. The van der Waals surface area contributed by atoms with Crippen molar-refractivity contribution in [2.45, 2.75) is 13.8 Å². The molecule has 0 aliphatic rings. The highest BCUT2D eigenvalue weighted by atomic mass is 16.2. The molecule has 3 heteroatoms. The molecule has 0 aliphatic carbocycles. The first-order chi connectivity index (χ1) is 6.57. The zero-order chi connectivity index (χ0) is 10.7. The highest BCUT2D eigenvalue weighted by molar-refractivity contribution is 5.94. The van der Waals surface area contributed by atoms with Gasteiger partial charge in [0.15, 0.2) is 0 Å². The van der Waals surface area contributed by atoms with E-state index in [-0.39, 0.29) is 12.5 Å². The SMILES string of the molecule is Cc1cccc(N(C)C(=O)CN)c1C. The molecule has 1 aromatic carbocycles. The van der Waals surface area contributed by atoms with E-state index in [0.717, 1.165) is 11.3 Å². The average molecular weight is 192 g/mol. The minimum Gasteiger partial charge on any atom is -0.322 e. The summed E-state index contributed by atoms with van der Waals surface area (Å²) in [5, 5.41) is 0. The van der Waals surface area contributed by atoms with Crippen LogP contribution in [0.25, 0.3) is 0 Å². The van der Waals surface area contributed by atoms with E-state index in [4.69, 9.17) is 5.73 Å². The number of nitrogens with zero attached hydrogens (tertiary/aromatic N) is 1. The Morgan fingerprint density at radius 2 is 2.07 bits per heavy atom. The monoisotopic (exact) mass is 192 g/mol. The minimum absolute atomic E-state index is 0.0455. The molecule has 0 unspecified atom stereocenters. The number of hydrogen-bond donors (Lipinski definition) is 1. The summed E-state index contributed by atoms with van der Waals surface area (Å²) >= 11 is 0. The Hall–Kier alpha value is -1.35. The number of amides is 1. The molecule has 0 heterocycles. The normalized spacial score (nSPS) is 10.0. The van der Waals surface area contributed by atoms with Gasteiger partial charge >= 0.3 is 0 Å². The number of carbonyl (C=O) groups excluding carboxylic acids is 1. The van der Waals surface area contributed by atoms with Crippen molar-refractivity contribution in [3.63, 3.8) is 0 Å². The van der Waals surface area contributed by atoms with Gasteiger partial charge in [-0.2, -0.15) is 0 Å². The summed E-state index contributed by atoms with van der Waals surface area (Å²) in [4.78, 5) is 13.0. The zero-order valence-corrected chi connectivity index (χ0v) is 8.87. The standard InChI is InChI=1S/C11H16N2O/c1-8-5-4-6-10(9(8)2)13(3)11(14)7-12/h4-6H,7,12H2,1-3H3. The summed E-state index contributed by atoms with van der Waals surface area (Å²) in [5.41, 5.74) is 8.54. The van der Waals surface area contributed by atoms with Crippen molar-refractivity contribution < 1.29 is 4.79 Å². The lowest BCUT2D eigenvalue weighted by Crippen LogP contribution is -2.33. The average Bonchev–Trinajstić information content (AvgIpc) is 2.20. The van der Waals surface area contributed by atoms with Gasteiger partial charge in [0.25, 0.3) is 0 Å². The summed E-state index contributed by atoms with van der Waals surface area (Å²) in [5.74, 6) is -0.0706. The Morgan fingerprint density at radius 1 is 1.43 bits per heavy atom. The predicted molar refractivity (Wildman–Crippen MR) is 58.4 cm³/mol. The third-order valence-electron chi connectivity index (χ3n) is 2.49. The number of benzene rings is 1. The molecule has 1 amide bonds. The Labute approximate surface area is 84.5 Å². The summed E-state index contributed by atoms with van der Waals surface area (Å²) in [6.45, 7) is 4.08. The van der Waals surface area contributed by atoms with Crippen molar-refractivity contribution >= 4 is 11.6 Å². The van der Waals surface area contributed by atoms with Crippen molar-refractivity contribution in [2.24, 2.45) is 5.73 Å². The fourth-order valence-corrected chi connectivity index (χ4v) is 1.37. The van der Waals surface area contributed by atoms with Gasteiger partial charge in [-0.05, 0) is 31.0 Å². The second-order valence-corrected chi connectivity index (χ2v) is 3.38. The van der Waals surface area contributed by atoms with Crippen molar-refractivity contribution in [1.29, 1.82) is 0 Å². The van der Waals surface area contributed by atoms with Crippen LogP contribution < -0.4 is 10.6 Å². The molecule has 0 aliphatic heterocycles. The van der Waals surface area contributed by atoms with Crippen LogP contribution in [0.5, 0.6) is 0 Å². The molecular formula is C11H16N2O. The molecule has 0 saturated carbocycles. The molecule has 1 aromatic rings. The van der Waals surface area contributed by atoms with Crippen molar-refractivity contribution in [2.75, 3.05) is 18.5 Å². The van der Waals surface area contributed by atoms with Crippen LogP contribution in [0.3, 0.4) is 0 Å². The van der Waals surface area contributed by atoms with Crippen LogP contribution >= 0.6 is 0 Å². The number of carbonyl (C=O) groups is 1. The topological polar surface area (TPSA) is 46.3 Å². The maximum absolute atomic E-state index is 11.4. The Balaban J connectivity index is 3.07. The maximum atomic E-state index is 11.4. The molecular weight excluding hydrogens is 176 g/mol. The first kappa shape index (κ1) is 10.7. The number of aryl methyl sites for hydroxylation is 1. The number of likely N-dealkylation sites (N-methyl/N-ethyl adjacent to an activating group) is 1. The molecule has 76 valence electrons. The van der Waals surface area contributed by atoms with Gasteiger partial charge in [0, 0.05) is 12.7 Å². The predicted octanol–water partition coefficient (Wildman–Crippen LogP) is 1.22. The largest absolute Gasteiger partial charge is 0.322 e. The van der Waals surface area contributed by atoms with Crippen LogP contribution in [-0.2, 0) is 4.79 Å².